The van der Waals surface area contributed by atoms with Crippen molar-refractivity contribution < 1.29 is 0 Å². The zero-order valence-corrected chi connectivity index (χ0v) is 12.6. The van der Waals surface area contributed by atoms with E-state index in [1.807, 2.05) is 0 Å². The van der Waals surface area contributed by atoms with Gasteiger partial charge in [-0.25, -0.2) is 0 Å². The van der Waals surface area contributed by atoms with E-state index in [1.54, 1.807) is 0 Å². The molecule has 0 aromatic carbocycles. The molecule has 2 heteroatoms. The van der Waals surface area contributed by atoms with Gasteiger partial charge in [-0.15, -0.1) is 0 Å². The minimum Gasteiger partial charge on any atom is -0.329 e. The molecule has 0 bridgehead atoms. The van der Waals surface area contributed by atoms with E-state index in [0.29, 0.717) is 6.04 Å². The maximum Gasteiger partial charge on any atom is 0.0252 e. The summed E-state index contributed by atoms with van der Waals surface area (Å²) in [5.41, 5.74) is 6.16. The maximum absolute atomic E-state index is 6.16. The molecule has 0 aromatic heterocycles. The summed E-state index contributed by atoms with van der Waals surface area (Å²) in [4.78, 5) is 2.79. The summed E-state index contributed by atoms with van der Waals surface area (Å²) in [7, 11) is 0. The number of nitrogens with two attached hydrogens (primary N) is 1. The Bertz CT molecular complexity index is 245. The van der Waals surface area contributed by atoms with Crippen LogP contribution in [0.4, 0.5) is 0 Å². The molecule has 106 valence electrons. The minimum atomic E-state index is 0.653. The molecular formula is C16H32N2. The molecule has 0 spiro atoms. The quantitative estimate of drug-likeness (QED) is 0.831. The van der Waals surface area contributed by atoms with E-state index in [2.05, 4.69) is 25.7 Å². The van der Waals surface area contributed by atoms with E-state index in [0.717, 1.165) is 30.5 Å². The smallest absolute Gasteiger partial charge is 0.0252 e. The Morgan fingerprint density at radius 1 is 1.06 bits per heavy atom. The van der Waals surface area contributed by atoms with Gasteiger partial charge in [-0.2, -0.15) is 0 Å². The lowest BCUT2D eigenvalue weighted by atomic mass is 9.78. The average Bonchev–Trinajstić information content (AvgIpc) is 2.74. The van der Waals surface area contributed by atoms with Crippen LogP contribution in [0.15, 0.2) is 0 Å². The molecule has 3 atom stereocenters. The Morgan fingerprint density at radius 3 is 2.28 bits per heavy atom. The summed E-state index contributed by atoms with van der Waals surface area (Å²) in [6, 6.07) is 2.20. The highest BCUT2D eigenvalue weighted by Gasteiger charge is 2.38. The molecule has 1 saturated carbocycles. The lowest BCUT2D eigenvalue weighted by Gasteiger charge is -2.42. The molecular weight excluding hydrogens is 220 g/mol. The van der Waals surface area contributed by atoms with Gasteiger partial charge >= 0.3 is 0 Å². The van der Waals surface area contributed by atoms with Crippen molar-refractivity contribution in [1.29, 1.82) is 0 Å². The summed E-state index contributed by atoms with van der Waals surface area (Å²) in [5.74, 6) is 1.80. The molecule has 2 rings (SSSR count). The largest absolute Gasteiger partial charge is 0.329 e. The second-order valence-corrected chi connectivity index (χ2v) is 6.76. The van der Waals surface area contributed by atoms with Gasteiger partial charge in [0.05, 0.1) is 0 Å². The molecule has 1 aliphatic carbocycles. The second kappa shape index (κ2) is 6.38. The van der Waals surface area contributed by atoms with Gasteiger partial charge in [-0.05, 0) is 50.9 Å². The van der Waals surface area contributed by atoms with Gasteiger partial charge in [0.15, 0.2) is 0 Å². The van der Waals surface area contributed by atoms with Crippen LogP contribution in [-0.4, -0.2) is 29.6 Å². The standard InChI is InChI=1S/C16H32N2/c1-4-15-10-7-13(3)18(15)16(11-17)14-8-5-12(2)6-9-14/h12-16H,4-11,17H2,1-3H3. The predicted octanol–water partition coefficient (Wildman–Crippen LogP) is 3.40. The van der Waals surface area contributed by atoms with Gasteiger partial charge in [0.1, 0.15) is 0 Å². The number of rotatable bonds is 4. The van der Waals surface area contributed by atoms with Crippen LogP contribution in [0.2, 0.25) is 0 Å². The molecule has 1 heterocycles. The van der Waals surface area contributed by atoms with Crippen molar-refractivity contribution in [2.24, 2.45) is 17.6 Å². The topological polar surface area (TPSA) is 29.3 Å². The van der Waals surface area contributed by atoms with E-state index >= 15 is 0 Å². The lowest BCUT2D eigenvalue weighted by molar-refractivity contribution is 0.0715. The number of likely N-dealkylation sites (tertiary alicyclic amines) is 1. The number of nitrogens with zero attached hydrogens (tertiary/aromatic N) is 1. The molecule has 1 saturated heterocycles. The third kappa shape index (κ3) is 2.91. The van der Waals surface area contributed by atoms with Crippen molar-refractivity contribution in [2.45, 2.75) is 83.8 Å². The molecule has 2 nitrogen and oxygen atoms in total. The molecule has 0 radical (unpaired) electrons. The lowest BCUT2D eigenvalue weighted by Crippen LogP contribution is -2.51. The van der Waals surface area contributed by atoms with Crippen LogP contribution < -0.4 is 5.73 Å². The van der Waals surface area contributed by atoms with Gasteiger partial charge in [0.25, 0.3) is 0 Å². The van der Waals surface area contributed by atoms with Crippen molar-refractivity contribution in [3.05, 3.63) is 0 Å². The minimum absolute atomic E-state index is 0.653. The summed E-state index contributed by atoms with van der Waals surface area (Å²) in [6.45, 7) is 8.01. The molecule has 0 amide bonds. The molecule has 2 N–H and O–H groups in total. The van der Waals surface area contributed by atoms with Crippen LogP contribution in [0.1, 0.15) is 65.7 Å². The molecule has 2 aliphatic rings. The molecule has 1 aliphatic heterocycles. The van der Waals surface area contributed by atoms with Crippen LogP contribution in [-0.2, 0) is 0 Å². The van der Waals surface area contributed by atoms with Crippen LogP contribution in [0, 0.1) is 11.8 Å². The number of hydrogen-bond donors (Lipinski definition) is 1. The van der Waals surface area contributed by atoms with E-state index in [-0.39, 0.29) is 0 Å². The Morgan fingerprint density at radius 2 is 1.72 bits per heavy atom. The highest BCUT2D eigenvalue weighted by molar-refractivity contribution is 4.93. The van der Waals surface area contributed by atoms with Gasteiger partial charge in [0.2, 0.25) is 0 Å². The SMILES string of the molecule is CCC1CCC(C)N1C(CN)C1CCC(C)CC1. The van der Waals surface area contributed by atoms with Gasteiger partial charge < -0.3 is 5.73 Å². The fourth-order valence-corrected chi connectivity index (χ4v) is 4.33. The van der Waals surface area contributed by atoms with Crippen LogP contribution in [0.25, 0.3) is 0 Å². The van der Waals surface area contributed by atoms with Crippen molar-refractivity contribution in [3.63, 3.8) is 0 Å². The molecule has 2 fully saturated rings. The van der Waals surface area contributed by atoms with E-state index in [9.17, 15) is 0 Å². The predicted molar refractivity (Wildman–Crippen MR) is 78.6 cm³/mol. The Kier molecular flexibility index (Phi) is 5.08. The first-order chi connectivity index (χ1) is 8.67. The third-order valence-electron chi connectivity index (χ3n) is 5.55. The second-order valence-electron chi connectivity index (χ2n) is 6.76. The monoisotopic (exact) mass is 252 g/mol. The molecule has 3 unspecified atom stereocenters. The zero-order chi connectivity index (χ0) is 13.1. The maximum atomic E-state index is 6.16. The third-order valence-corrected chi connectivity index (χ3v) is 5.55. The van der Waals surface area contributed by atoms with Crippen molar-refractivity contribution in [2.75, 3.05) is 6.54 Å². The first-order valence-electron chi connectivity index (χ1n) is 8.14. The molecule has 0 aromatic rings. The normalized spacial score (nSPS) is 40.0. The van der Waals surface area contributed by atoms with Crippen molar-refractivity contribution in [3.8, 4) is 0 Å². The van der Waals surface area contributed by atoms with E-state index < -0.39 is 0 Å². The van der Waals surface area contributed by atoms with Gasteiger partial charge in [-0.3, -0.25) is 4.90 Å². The van der Waals surface area contributed by atoms with Gasteiger partial charge in [-0.1, -0.05) is 26.7 Å². The zero-order valence-electron chi connectivity index (χ0n) is 12.6. The summed E-state index contributed by atoms with van der Waals surface area (Å²) < 4.78 is 0. The fourth-order valence-electron chi connectivity index (χ4n) is 4.33. The average molecular weight is 252 g/mol. The van der Waals surface area contributed by atoms with Crippen molar-refractivity contribution >= 4 is 0 Å². The van der Waals surface area contributed by atoms with E-state index in [4.69, 9.17) is 5.73 Å². The highest BCUT2D eigenvalue weighted by Crippen LogP contribution is 2.37. The summed E-state index contributed by atoms with van der Waals surface area (Å²) in [5, 5.41) is 0. The molecule has 18 heavy (non-hydrogen) atoms. The first kappa shape index (κ1) is 14.3. The summed E-state index contributed by atoms with van der Waals surface area (Å²) >= 11 is 0. The van der Waals surface area contributed by atoms with Crippen LogP contribution >= 0.6 is 0 Å². The highest BCUT2D eigenvalue weighted by atomic mass is 15.2. The Hall–Kier alpha value is -0.0800. The van der Waals surface area contributed by atoms with Crippen molar-refractivity contribution in [1.82, 2.24) is 4.90 Å². The van der Waals surface area contributed by atoms with Gasteiger partial charge in [0, 0.05) is 24.7 Å². The first-order valence-corrected chi connectivity index (χ1v) is 8.14. The fraction of sp³-hybridized carbons (Fsp3) is 1.00. The Labute approximate surface area is 113 Å². The number of hydrogen-bond acceptors (Lipinski definition) is 2. The van der Waals surface area contributed by atoms with Crippen LogP contribution in [0.3, 0.4) is 0 Å². The van der Waals surface area contributed by atoms with E-state index in [1.165, 1.54) is 44.9 Å². The Balaban J connectivity index is 2.02. The summed E-state index contributed by atoms with van der Waals surface area (Å²) in [6.07, 6.45) is 9.70. The van der Waals surface area contributed by atoms with Crippen LogP contribution in [0.5, 0.6) is 0 Å².